The number of hydrogen-bond donors (Lipinski definition) is 1. The molecule has 0 saturated heterocycles. The van der Waals surface area contributed by atoms with Crippen molar-refractivity contribution < 1.29 is 13.0 Å². The molecule has 0 aliphatic carbocycles. The first-order valence-electron chi connectivity index (χ1n) is 5.86. The van der Waals surface area contributed by atoms with Crippen molar-refractivity contribution >= 4 is 31.7 Å². The van der Waals surface area contributed by atoms with Gasteiger partial charge in [0.1, 0.15) is 4.90 Å². The Morgan fingerprint density at radius 1 is 0.895 bits per heavy atom. The average Bonchev–Trinajstić information content (AvgIpc) is 2.36. The van der Waals surface area contributed by atoms with E-state index in [1.165, 1.54) is 6.07 Å². The van der Waals surface area contributed by atoms with E-state index in [1.54, 1.807) is 12.1 Å². The molecule has 0 bridgehead atoms. The van der Waals surface area contributed by atoms with Gasteiger partial charge in [-0.2, -0.15) is 8.42 Å². The van der Waals surface area contributed by atoms with E-state index in [-0.39, 0.29) is 4.90 Å². The maximum atomic E-state index is 11.4. The van der Waals surface area contributed by atoms with Gasteiger partial charge in [-0.15, -0.1) is 0 Å². The molecule has 0 spiro atoms. The van der Waals surface area contributed by atoms with Gasteiger partial charge in [0.2, 0.25) is 0 Å². The summed E-state index contributed by atoms with van der Waals surface area (Å²) in [6.45, 7) is 1.92. The summed E-state index contributed by atoms with van der Waals surface area (Å²) < 4.78 is 32.2. The van der Waals surface area contributed by atoms with Crippen LogP contribution >= 0.6 is 0 Å². The molecular weight excluding hydrogens is 260 g/mol. The van der Waals surface area contributed by atoms with Gasteiger partial charge >= 0.3 is 0 Å². The molecular formula is C15H12O3S. The number of hydrogen-bond acceptors (Lipinski definition) is 2. The van der Waals surface area contributed by atoms with E-state index in [9.17, 15) is 13.0 Å². The number of rotatable bonds is 1. The smallest absolute Gasteiger partial charge is 0.282 e. The summed E-state index contributed by atoms with van der Waals surface area (Å²) in [7, 11) is -4.21. The first kappa shape index (κ1) is 12.1. The Morgan fingerprint density at radius 2 is 1.47 bits per heavy atom. The van der Waals surface area contributed by atoms with E-state index in [1.807, 2.05) is 37.3 Å². The highest BCUT2D eigenvalue weighted by Gasteiger charge is 2.15. The predicted octanol–water partition coefficient (Wildman–Crippen LogP) is 3.55. The molecule has 0 aromatic heterocycles. The van der Waals surface area contributed by atoms with Crippen LogP contribution in [0.1, 0.15) is 5.56 Å². The second kappa shape index (κ2) is 4.05. The van der Waals surface area contributed by atoms with Crippen LogP contribution in [0.4, 0.5) is 0 Å². The Hall–Kier alpha value is -1.91. The molecule has 4 heteroatoms. The van der Waals surface area contributed by atoms with Gasteiger partial charge in [-0.05, 0) is 46.8 Å². The summed E-state index contributed by atoms with van der Waals surface area (Å²) in [6, 6.07) is 14.7. The quantitative estimate of drug-likeness (QED) is 0.544. The zero-order valence-corrected chi connectivity index (χ0v) is 11.1. The topological polar surface area (TPSA) is 54.4 Å². The lowest BCUT2D eigenvalue weighted by Crippen LogP contribution is -1.99. The zero-order chi connectivity index (χ0) is 13.6. The van der Waals surface area contributed by atoms with Crippen molar-refractivity contribution in [2.24, 2.45) is 0 Å². The average molecular weight is 272 g/mol. The van der Waals surface area contributed by atoms with Gasteiger partial charge in [-0.25, -0.2) is 0 Å². The van der Waals surface area contributed by atoms with Crippen molar-refractivity contribution in [2.75, 3.05) is 0 Å². The van der Waals surface area contributed by atoms with Gasteiger partial charge in [0.15, 0.2) is 0 Å². The standard InChI is InChI=1S/C15H12O3S/c1-10-6-7-15(19(16,17)18)14-9-12-5-3-2-4-11(12)8-13(10)14/h2-9H,1H3,(H,16,17,18). The molecule has 0 aliphatic rings. The minimum atomic E-state index is -4.21. The summed E-state index contributed by atoms with van der Waals surface area (Å²) in [5.74, 6) is 0. The van der Waals surface area contributed by atoms with E-state index < -0.39 is 10.1 Å². The molecule has 0 amide bonds. The molecule has 0 unspecified atom stereocenters. The number of fused-ring (bicyclic) bond motifs is 2. The highest BCUT2D eigenvalue weighted by molar-refractivity contribution is 7.86. The van der Waals surface area contributed by atoms with Gasteiger partial charge in [-0.3, -0.25) is 4.55 Å². The fraction of sp³-hybridized carbons (Fsp3) is 0.0667. The molecule has 3 rings (SSSR count). The fourth-order valence-corrected chi connectivity index (χ4v) is 3.06. The van der Waals surface area contributed by atoms with Crippen molar-refractivity contribution in [1.82, 2.24) is 0 Å². The molecule has 3 aromatic carbocycles. The van der Waals surface area contributed by atoms with E-state index in [0.717, 1.165) is 21.7 Å². The molecule has 0 heterocycles. The lowest BCUT2D eigenvalue weighted by molar-refractivity contribution is 0.484. The van der Waals surface area contributed by atoms with Crippen LogP contribution in [0.3, 0.4) is 0 Å². The van der Waals surface area contributed by atoms with E-state index >= 15 is 0 Å². The van der Waals surface area contributed by atoms with Crippen molar-refractivity contribution in [1.29, 1.82) is 0 Å². The molecule has 0 radical (unpaired) electrons. The molecule has 0 aliphatic heterocycles. The second-order valence-corrected chi connectivity index (χ2v) is 5.99. The van der Waals surface area contributed by atoms with Crippen molar-refractivity contribution in [3.63, 3.8) is 0 Å². The van der Waals surface area contributed by atoms with Crippen LogP contribution in [-0.4, -0.2) is 13.0 Å². The molecule has 96 valence electrons. The van der Waals surface area contributed by atoms with Crippen LogP contribution in [0.25, 0.3) is 21.5 Å². The monoisotopic (exact) mass is 272 g/mol. The van der Waals surface area contributed by atoms with Crippen LogP contribution in [0.15, 0.2) is 53.4 Å². The SMILES string of the molecule is Cc1ccc(S(=O)(=O)O)c2cc3ccccc3cc12. The summed E-state index contributed by atoms with van der Waals surface area (Å²) in [6.07, 6.45) is 0. The maximum absolute atomic E-state index is 11.4. The number of benzene rings is 3. The van der Waals surface area contributed by atoms with Crippen LogP contribution in [0.5, 0.6) is 0 Å². The highest BCUT2D eigenvalue weighted by Crippen LogP contribution is 2.30. The van der Waals surface area contributed by atoms with E-state index in [0.29, 0.717) is 5.39 Å². The Labute approximate surface area is 111 Å². The molecule has 0 saturated carbocycles. The van der Waals surface area contributed by atoms with E-state index in [2.05, 4.69) is 0 Å². The first-order valence-corrected chi connectivity index (χ1v) is 7.30. The first-order chi connectivity index (χ1) is 8.97. The predicted molar refractivity (Wildman–Crippen MR) is 76.0 cm³/mol. The maximum Gasteiger partial charge on any atom is 0.295 e. The third-order valence-electron chi connectivity index (χ3n) is 3.34. The van der Waals surface area contributed by atoms with Crippen molar-refractivity contribution in [3.05, 3.63) is 54.1 Å². The summed E-state index contributed by atoms with van der Waals surface area (Å²) in [5, 5.41) is 3.39. The zero-order valence-electron chi connectivity index (χ0n) is 10.3. The lowest BCUT2D eigenvalue weighted by Gasteiger charge is -2.08. The minimum absolute atomic E-state index is 0.0427. The van der Waals surface area contributed by atoms with Gasteiger partial charge in [0.05, 0.1) is 0 Å². The summed E-state index contributed by atoms with van der Waals surface area (Å²) >= 11 is 0. The van der Waals surface area contributed by atoms with Crippen molar-refractivity contribution in [3.8, 4) is 0 Å². The fourth-order valence-electron chi connectivity index (χ4n) is 2.38. The third kappa shape index (κ3) is 1.99. The van der Waals surface area contributed by atoms with Crippen LogP contribution in [0, 0.1) is 6.92 Å². The molecule has 3 aromatic rings. The minimum Gasteiger partial charge on any atom is -0.282 e. The van der Waals surface area contributed by atoms with Crippen LogP contribution < -0.4 is 0 Å². The normalized spacial score (nSPS) is 12.1. The van der Waals surface area contributed by atoms with Crippen LogP contribution in [0.2, 0.25) is 0 Å². The summed E-state index contributed by atoms with van der Waals surface area (Å²) in [5.41, 5.74) is 0.980. The summed E-state index contributed by atoms with van der Waals surface area (Å²) in [4.78, 5) is -0.0427. The van der Waals surface area contributed by atoms with Gasteiger partial charge in [-0.1, -0.05) is 30.3 Å². The molecule has 0 fully saturated rings. The lowest BCUT2D eigenvalue weighted by atomic mass is 10.0. The van der Waals surface area contributed by atoms with Gasteiger partial charge < -0.3 is 0 Å². The number of aryl methyl sites for hydroxylation is 1. The Bertz CT molecular complexity index is 896. The molecule has 1 N–H and O–H groups in total. The Balaban J connectivity index is 2.56. The van der Waals surface area contributed by atoms with E-state index in [4.69, 9.17) is 0 Å². The second-order valence-electron chi connectivity index (χ2n) is 4.60. The van der Waals surface area contributed by atoms with Crippen molar-refractivity contribution in [2.45, 2.75) is 11.8 Å². The molecule has 19 heavy (non-hydrogen) atoms. The largest absolute Gasteiger partial charge is 0.295 e. The van der Waals surface area contributed by atoms with Crippen LogP contribution in [-0.2, 0) is 10.1 Å². The Kier molecular flexibility index (Phi) is 2.59. The van der Waals surface area contributed by atoms with Gasteiger partial charge in [0.25, 0.3) is 10.1 Å². The Morgan fingerprint density at radius 3 is 2.05 bits per heavy atom. The third-order valence-corrected chi connectivity index (χ3v) is 4.25. The molecule has 3 nitrogen and oxygen atoms in total. The molecule has 0 atom stereocenters. The van der Waals surface area contributed by atoms with Gasteiger partial charge in [0, 0.05) is 5.39 Å². The highest BCUT2D eigenvalue weighted by atomic mass is 32.2.